The number of alkyl halides is 3. The van der Waals surface area contributed by atoms with Gasteiger partial charge in [-0.05, 0) is 5.21 Å². The minimum atomic E-state index is -4.58. The van der Waals surface area contributed by atoms with E-state index in [4.69, 9.17) is 0 Å². The summed E-state index contributed by atoms with van der Waals surface area (Å²) >= 11 is 0. The van der Waals surface area contributed by atoms with E-state index < -0.39 is 17.9 Å². The van der Waals surface area contributed by atoms with Gasteiger partial charge in [0, 0.05) is 25.9 Å². The standard InChI is InChI=1S/C10H13F3N8O/c1-19(9(22)14-8-15-18-21(3)17-8)4-6-5-20(2)16-7(6)10(11,12)13/h5H,4H2,1-3H3,(H,14,17,22). The van der Waals surface area contributed by atoms with Gasteiger partial charge in [0.1, 0.15) is 0 Å². The number of carbonyl (C=O) groups excluding carboxylic acids is 1. The van der Waals surface area contributed by atoms with Crippen molar-refractivity contribution < 1.29 is 18.0 Å². The Bertz CT molecular complexity index is 676. The van der Waals surface area contributed by atoms with Crippen molar-refractivity contribution in [3.63, 3.8) is 0 Å². The van der Waals surface area contributed by atoms with E-state index in [9.17, 15) is 18.0 Å². The van der Waals surface area contributed by atoms with Gasteiger partial charge in [-0.15, -0.1) is 5.10 Å². The summed E-state index contributed by atoms with van der Waals surface area (Å²) in [5.74, 6) is -0.0402. The Morgan fingerprint density at radius 1 is 1.36 bits per heavy atom. The smallest absolute Gasteiger partial charge is 0.323 e. The van der Waals surface area contributed by atoms with Gasteiger partial charge in [0.05, 0.1) is 13.6 Å². The van der Waals surface area contributed by atoms with E-state index in [-0.39, 0.29) is 18.1 Å². The average molecular weight is 318 g/mol. The molecule has 0 unspecified atom stereocenters. The van der Waals surface area contributed by atoms with Crippen LogP contribution in [0.25, 0.3) is 0 Å². The first-order valence-corrected chi connectivity index (χ1v) is 6.02. The highest BCUT2D eigenvalue weighted by atomic mass is 19.4. The molecule has 0 bridgehead atoms. The highest BCUT2D eigenvalue weighted by Crippen LogP contribution is 2.31. The Labute approximate surface area is 122 Å². The van der Waals surface area contributed by atoms with Crippen LogP contribution in [-0.4, -0.2) is 48.0 Å². The fraction of sp³-hybridized carbons (Fsp3) is 0.500. The van der Waals surface area contributed by atoms with Gasteiger partial charge in [-0.2, -0.15) is 23.1 Å². The van der Waals surface area contributed by atoms with E-state index in [1.807, 2.05) is 0 Å². The van der Waals surface area contributed by atoms with E-state index >= 15 is 0 Å². The van der Waals surface area contributed by atoms with Crippen LogP contribution in [0.5, 0.6) is 0 Å². The maximum Gasteiger partial charge on any atom is 0.435 e. The molecule has 0 aromatic carbocycles. The summed E-state index contributed by atoms with van der Waals surface area (Å²) in [4.78, 5) is 14.1. The topological polar surface area (TPSA) is 93.8 Å². The predicted octanol–water partition coefficient (Wildman–Crippen LogP) is 0.626. The van der Waals surface area contributed by atoms with Crippen molar-refractivity contribution in [3.05, 3.63) is 17.5 Å². The number of tetrazole rings is 1. The maximum absolute atomic E-state index is 12.8. The largest absolute Gasteiger partial charge is 0.435 e. The number of halogens is 3. The first-order chi connectivity index (χ1) is 10.2. The van der Waals surface area contributed by atoms with Gasteiger partial charge in [0.25, 0.3) is 5.95 Å². The van der Waals surface area contributed by atoms with Crippen LogP contribution in [0, 0.1) is 0 Å². The Balaban J connectivity index is 2.08. The summed E-state index contributed by atoms with van der Waals surface area (Å²) in [6.07, 6.45) is -3.37. The first-order valence-electron chi connectivity index (χ1n) is 6.02. The normalized spacial score (nSPS) is 11.5. The zero-order valence-electron chi connectivity index (χ0n) is 12.0. The van der Waals surface area contributed by atoms with Crippen LogP contribution < -0.4 is 5.32 Å². The number of amides is 2. The van der Waals surface area contributed by atoms with Crippen molar-refractivity contribution in [2.75, 3.05) is 12.4 Å². The minimum absolute atomic E-state index is 0.0402. The molecule has 0 radical (unpaired) electrons. The highest BCUT2D eigenvalue weighted by Gasteiger charge is 2.37. The van der Waals surface area contributed by atoms with Gasteiger partial charge < -0.3 is 4.90 Å². The molecule has 0 aliphatic heterocycles. The molecule has 120 valence electrons. The van der Waals surface area contributed by atoms with Gasteiger partial charge in [0.2, 0.25) is 0 Å². The number of urea groups is 1. The molecule has 2 aromatic rings. The lowest BCUT2D eigenvalue weighted by Crippen LogP contribution is -2.31. The molecule has 0 spiro atoms. The second-order valence-corrected chi connectivity index (χ2v) is 4.56. The van der Waals surface area contributed by atoms with Crippen LogP contribution in [-0.2, 0) is 26.8 Å². The molecular weight excluding hydrogens is 305 g/mol. The van der Waals surface area contributed by atoms with Gasteiger partial charge in [-0.1, -0.05) is 5.10 Å². The van der Waals surface area contributed by atoms with Crippen molar-refractivity contribution in [3.8, 4) is 0 Å². The van der Waals surface area contributed by atoms with Crippen molar-refractivity contribution >= 4 is 12.0 Å². The third kappa shape index (κ3) is 3.51. The predicted molar refractivity (Wildman–Crippen MR) is 67.5 cm³/mol. The molecule has 12 heteroatoms. The molecular formula is C10H13F3N8O. The number of hydrogen-bond donors (Lipinski definition) is 1. The number of anilines is 1. The van der Waals surface area contributed by atoms with E-state index in [0.29, 0.717) is 0 Å². The third-order valence-corrected chi connectivity index (χ3v) is 2.65. The lowest BCUT2D eigenvalue weighted by atomic mass is 10.2. The summed E-state index contributed by atoms with van der Waals surface area (Å²) < 4.78 is 39.6. The summed E-state index contributed by atoms with van der Waals surface area (Å²) in [5.41, 5.74) is -1.13. The molecule has 0 aliphatic carbocycles. The molecule has 2 rings (SSSR count). The van der Waals surface area contributed by atoms with Crippen LogP contribution in [0.3, 0.4) is 0 Å². The average Bonchev–Trinajstić information content (AvgIpc) is 2.95. The molecule has 2 amide bonds. The first kappa shape index (κ1) is 15.7. The van der Waals surface area contributed by atoms with Crippen LogP contribution in [0.4, 0.5) is 23.9 Å². The van der Waals surface area contributed by atoms with E-state index in [1.54, 1.807) is 0 Å². The highest BCUT2D eigenvalue weighted by molar-refractivity contribution is 5.87. The summed E-state index contributed by atoms with van der Waals surface area (Å²) in [6.45, 7) is -0.269. The zero-order valence-corrected chi connectivity index (χ0v) is 12.0. The molecule has 0 aliphatic rings. The molecule has 0 saturated carbocycles. The summed E-state index contributed by atoms with van der Waals surface area (Å²) in [5, 5.41) is 16.5. The summed E-state index contributed by atoms with van der Waals surface area (Å²) in [7, 11) is 4.23. The molecule has 0 fully saturated rings. The van der Waals surface area contributed by atoms with Crippen molar-refractivity contribution in [2.24, 2.45) is 14.1 Å². The molecule has 22 heavy (non-hydrogen) atoms. The van der Waals surface area contributed by atoms with Crippen LogP contribution in [0.15, 0.2) is 6.20 Å². The summed E-state index contributed by atoms with van der Waals surface area (Å²) in [6, 6.07) is -0.662. The number of nitrogens with one attached hydrogen (secondary N) is 1. The van der Waals surface area contributed by atoms with Gasteiger partial charge >= 0.3 is 12.2 Å². The van der Waals surface area contributed by atoms with E-state index in [0.717, 1.165) is 14.4 Å². The molecule has 2 heterocycles. The fourth-order valence-corrected chi connectivity index (χ4v) is 1.74. The number of rotatable bonds is 3. The van der Waals surface area contributed by atoms with Crippen LogP contribution >= 0.6 is 0 Å². The molecule has 0 saturated heterocycles. The van der Waals surface area contributed by atoms with Crippen molar-refractivity contribution in [1.29, 1.82) is 0 Å². The van der Waals surface area contributed by atoms with Gasteiger partial charge in [-0.3, -0.25) is 10.00 Å². The number of nitrogens with zero attached hydrogens (tertiary/aromatic N) is 7. The third-order valence-electron chi connectivity index (χ3n) is 2.65. The number of carbonyl (C=O) groups is 1. The number of aryl methyl sites for hydroxylation is 2. The van der Waals surface area contributed by atoms with E-state index in [2.05, 4.69) is 25.8 Å². The Kier molecular flexibility index (Phi) is 4.01. The van der Waals surface area contributed by atoms with Crippen LogP contribution in [0.2, 0.25) is 0 Å². The Hall–Kier alpha value is -2.66. The quantitative estimate of drug-likeness (QED) is 0.895. The van der Waals surface area contributed by atoms with Crippen molar-refractivity contribution in [2.45, 2.75) is 12.7 Å². The number of aromatic nitrogens is 6. The van der Waals surface area contributed by atoms with Crippen LogP contribution in [0.1, 0.15) is 11.3 Å². The monoisotopic (exact) mass is 318 g/mol. The molecule has 1 N–H and O–H groups in total. The Morgan fingerprint density at radius 3 is 2.59 bits per heavy atom. The molecule has 2 aromatic heterocycles. The van der Waals surface area contributed by atoms with Gasteiger partial charge in [0.15, 0.2) is 5.69 Å². The second-order valence-electron chi connectivity index (χ2n) is 4.56. The minimum Gasteiger partial charge on any atom is -0.323 e. The Morgan fingerprint density at radius 2 is 2.05 bits per heavy atom. The second kappa shape index (κ2) is 5.61. The molecule has 9 nitrogen and oxygen atoms in total. The van der Waals surface area contributed by atoms with Crippen molar-refractivity contribution in [1.82, 2.24) is 34.9 Å². The zero-order chi connectivity index (χ0) is 16.5. The maximum atomic E-state index is 12.8. The van der Waals surface area contributed by atoms with Gasteiger partial charge in [-0.25, -0.2) is 4.79 Å². The lowest BCUT2D eigenvalue weighted by molar-refractivity contribution is -0.142. The van der Waals surface area contributed by atoms with E-state index in [1.165, 1.54) is 27.3 Å². The lowest BCUT2D eigenvalue weighted by Gasteiger charge is -2.16. The number of hydrogen-bond acceptors (Lipinski definition) is 5. The SMILES string of the molecule is CN(Cc1cn(C)nc1C(F)(F)F)C(=O)Nc1nnn(C)n1. The molecule has 0 atom stereocenters. The fourth-order valence-electron chi connectivity index (χ4n) is 1.74.